The van der Waals surface area contributed by atoms with Gasteiger partial charge in [-0.15, -0.1) is 0 Å². The van der Waals surface area contributed by atoms with E-state index in [4.69, 9.17) is 9.47 Å². The minimum Gasteiger partial charge on any atom is -0.449 e. The highest BCUT2D eigenvalue weighted by atomic mass is 16.7. The first-order valence-electron chi connectivity index (χ1n) is 6.26. The molecule has 18 heavy (non-hydrogen) atoms. The van der Waals surface area contributed by atoms with Crippen LogP contribution in [0.5, 0.6) is 11.5 Å². The van der Waals surface area contributed by atoms with Gasteiger partial charge in [0.1, 0.15) is 0 Å². The Morgan fingerprint density at radius 1 is 0.833 bits per heavy atom. The number of aryl methyl sites for hydroxylation is 1. The van der Waals surface area contributed by atoms with Gasteiger partial charge in [-0.1, -0.05) is 42.5 Å². The summed E-state index contributed by atoms with van der Waals surface area (Å²) in [5, 5.41) is 0. The van der Waals surface area contributed by atoms with Crippen molar-refractivity contribution >= 4 is 0 Å². The van der Waals surface area contributed by atoms with E-state index in [9.17, 15) is 0 Å². The molecule has 0 amide bonds. The summed E-state index contributed by atoms with van der Waals surface area (Å²) >= 11 is 0. The molecule has 0 N–H and O–H groups in total. The van der Waals surface area contributed by atoms with Gasteiger partial charge in [-0.2, -0.15) is 0 Å². The fraction of sp³-hybridized carbons (Fsp3) is 0.250. The molecular weight excluding hydrogens is 224 g/mol. The maximum atomic E-state index is 5.89. The summed E-state index contributed by atoms with van der Waals surface area (Å²) in [4.78, 5) is 0. The van der Waals surface area contributed by atoms with Crippen molar-refractivity contribution in [3.05, 3.63) is 60.2 Å². The van der Waals surface area contributed by atoms with Crippen LogP contribution in [0.25, 0.3) is 0 Å². The number of hydrogen-bond acceptors (Lipinski definition) is 2. The van der Waals surface area contributed by atoms with Crippen molar-refractivity contribution in [3.63, 3.8) is 0 Å². The number of fused-ring (bicyclic) bond motifs is 1. The van der Waals surface area contributed by atoms with Gasteiger partial charge in [-0.05, 0) is 24.1 Å². The number of para-hydroxylation sites is 2. The highest BCUT2D eigenvalue weighted by molar-refractivity contribution is 5.42. The monoisotopic (exact) mass is 240 g/mol. The molecule has 2 heteroatoms. The minimum absolute atomic E-state index is 0.542. The zero-order chi connectivity index (χ0) is 12.4. The molecule has 3 rings (SSSR count). The number of benzene rings is 2. The van der Waals surface area contributed by atoms with Crippen LogP contribution in [-0.4, -0.2) is 5.79 Å². The van der Waals surface area contributed by atoms with Crippen LogP contribution in [0.1, 0.15) is 18.9 Å². The van der Waals surface area contributed by atoms with Gasteiger partial charge in [0.25, 0.3) is 0 Å². The second kappa shape index (κ2) is 4.37. The lowest BCUT2D eigenvalue weighted by atomic mass is 10.1. The normalized spacial score (nSPS) is 15.6. The zero-order valence-corrected chi connectivity index (χ0v) is 10.4. The third-order valence-corrected chi connectivity index (χ3v) is 3.21. The molecule has 0 fully saturated rings. The van der Waals surface area contributed by atoms with Crippen molar-refractivity contribution in [3.8, 4) is 11.5 Å². The Hall–Kier alpha value is -1.96. The lowest BCUT2D eigenvalue weighted by Gasteiger charge is -2.23. The zero-order valence-electron chi connectivity index (χ0n) is 10.4. The Labute approximate surface area is 107 Å². The first kappa shape index (κ1) is 11.1. The Balaban J connectivity index is 1.68. The van der Waals surface area contributed by atoms with E-state index in [1.807, 2.05) is 37.3 Å². The molecule has 0 radical (unpaired) electrons. The predicted octanol–water partition coefficient (Wildman–Crippen LogP) is 3.81. The molecule has 1 aliphatic heterocycles. The molecule has 0 spiro atoms. The number of ether oxygens (including phenoxy) is 2. The van der Waals surface area contributed by atoms with E-state index in [0.29, 0.717) is 0 Å². The molecule has 0 aliphatic carbocycles. The summed E-state index contributed by atoms with van der Waals surface area (Å²) in [5.74, 6) is 1.14. The summed E-state index contributed by atoms with van der Waals surface area (Å²) in [5.41, 5.74) is 1.31. The predicted molar refractivity (Wildman–Crippen MR) is 70.9 cm³/mol. The van der Waals surface area contributed by atoms with Crippen molar-refractivity contribution in [2.75, 3.05) is 0 Å². The largest absolute Gasteiger partial charge is 0.449 e. The standard InChI is InChI=1S/C16H16O2/c1-16(12-11-13-7-3-2-4-8-13)17-14-9-5-6-10-15(14)18-16/h2-10H,11-12H2,1H3. The van der Waals surface area contributed by atoms with Crippen molar-refractivity contribution < 1.29 is 9.47 Å². The summed E-state index contributed by atoms with van der Waals surface area (Å²) in [6.07, 6.45) is 1.79. The van der Waals surface area contributed by atoms with Crippen LogP contribution < -0.4 is 9.47 Å². The lowest BCUT2D eigenvalue weighted by Crippen LogP contribution is -2.35. The molecule has 0 saturated carbocycles. The third-order valence-electron chi connectivity index (χ3n) is 3.21. The average Bonchev–Trinajstić information content (AvgIpc) is 2.74. The van der Waals surface area contributed by atoms with Gasteiger partial charge in [0.2, 0.25) is 5.79 Å². The fourth-order valence-electron chi connectivity index (χ4n) is 2.22. The number of hydrogen-bond donors (Lipinski definition) is 0. The Bertz CT molecular complexity index is 509. The molecule has 0 aromatic heterocycles. The molecule has 2 aromatic rings. The molecule has 92 valence electrons. The third kappa shape index (κ3) is 2.19. The average molecular weight is 240 g/mol. The first-order valence-corrected chi connectivity index (χ1v) is 6.26. The molecule has 0 saturated heterocycles. The van der Waals surface area contributed by atoms with E-state index in [-0.39, 0.29) is 0 Å². The van der Waals surface area contributed by atoms with Crippen molar-refractivity contribution in [1.29, 1.82) is 0 Å². The fourth-order valence-corrected chi connectivity index (χ4v) is 2.22. The lowest BCUT2D eigenvalue weighted by molar-refractivity contribution is -0.0676. The van der Waals surface area contributed by atoms with Crippen LogP contribution in [0.4, 0.5) is 0 Å². The van der Waals surface area contributed by atoms with E-state index < -0.39 is 5.79 Å². The molecule has 1 aliphatic rings. The maximum Gasteiger partial charge on any atom is 0.249 e. The van der Waals surface area contributed by atoms with E-state index in [1.54, 1.807) is 0 Å². The van der Waals surface area contributed by atoms with Crippen LogP contribution in [0.2, 0.25) is 0 Å². The first-order chi connectivity index (χ1) is 8.75. The van der Waals surface area contributed by atoms with Crippen molar-refractivity contribution in [1.82, 2.24) is 0 Å². The highest BCUT2D eigenvalue weighted by Gasteiger charge is 2.35. The van der Waals surface area contributed by atoms with E-state index in [0.717, 1.165) is 24.3 Å². The van der Waals surface area contributed by atoms with Gasteiger partial charge in [0.05, 0.1) is 0 Å². The van der Waals surface area contributed by atoms with Gasteiger partial charge < -0.3 is 9.47 Å². The second-order valence-corrected chi connectivity index (χ2v) is 4.77. The molecule has 0 bridgehead atoms. The topological polar surface area (TPSA) is 18.5 Å². The van der Waals surface area contributed by atoms with E-state index >= 15 is 0 Å². The summed E-state index contributed by atoms with van der Waals surface area (Å²) in [6, 6.07) is 18.2. The molecule has 2 aromatic carbocycles. The van der Waals surface area contributed by atoms with E-state index in [2.05, 4.69) is 24.3 Å². The SMILES string of the molecule is CC1(CCc2ccccc2)Oc2ccccc2O1. The van der Waals surface area contributed by atoms with Crippen LogP contribution in [0, 0.1) is 0 Å². The smallest absolute Gasteiger partial charge is 0.249 e. The molecule has 0 atom stereocenters. The van der Waals surface area contributed by atoms with Gasteiger partial charge >= 0.3 is 0 Å². The second-order valence-electron chi connectivity index (χ2n) is 4.77. The quantitative estimate of drug-likeness (QED) is 0.812. The summed E-state index contributed by atoms with van der Waals surface area (Å²) in [7, 11) is 0. The highest BCUT2D eigenvalue weighted by Crippen LogP contribution is 2.40. The Morgan fingerprint density at radius 3 is 2.00 bits per heavy atom. The molecule has 0 unspecified atom stereocenters. The van der Waals surface area contributed by atoms with Gasteiger partial charge in [-0.25, -0.2) is 0 Å². The van der Waals surface area contributed by atoms with Gasteiger partial charge in [0.15, 0.2) is 11.5 Å². The van der Waals surface area contributed by atoms with Crippen molar-refractivity contribution in [2.45, 2.75) is 25.6 Å². The van der Waals surface area contributed by atoms with Crippen LogP contribution in [0.3, 0.4) is 0 Å². The maximum absolute atomic E-state index is 5.89. The van der Waals surface area contributed by atoms with Crippen molar-refractivity contribution in [2.24, 2.45) is 0 Å². The van der Waals surface area contributed by atoms with Crippen LogP contribution in [0.15, 0.2) is 54.6 Å². The molecular formula is C16H16O2. The van der Waals surface area contributed by atoms with E-state index in [1.165, 1.54) is 5.56 Å². The molecule has 2 nitrogen and oxygen atoms in total. The van der Waals surface area contributed by atoms with Crippen LogP contribution in [-0.2, 0) is 6.42 Å². The Morgan fingerprint density at radius 2 is 1.39 bits per heavy atom. The molecule has 1 heterocycles. The van der Waals surface area contributed by atoms with Crippen LogP contribution >= 0.6 is 0 Å². The van der Waals surface area contributed by atoms with Gasteiger partial charge in [-0.3, -0.25) is 0 Å². The number of rotatable bonds is 3. The minimum atomic E-state index is -0.542. The summed E-state index contributed by atoms with van der Waals surface area (Å²) < 4.78 is 11.8. The van der Waals surface area contributed by atoms with Gasteiger partial charge in [0, 0.05) is 13.3 Å². The summed E-state index contributed by atoms with van der Waals surface area (Å²) in [6.45, 7) is 2.00. The Kier molecular flexibility index (Phi) is 2.71.